The second-order valence-electron chi connectivity index (χ2n) is 2.92. The van der Waals surface area contributed by atoms with E-state index in [9.17, 15) is 0 Å². The van der Waals surface area contributed by atoms with Crippen LogP contribution in [0.15, 0.2) is 28.4 Å². The smallest absolute Gasteiger partial charge is 0.242 e. The van der Waals surface area contributed by atoms with Crippen molar-refractivity contribution in [3.05, 3.63) is 18.2 Å². The number of nitrogens with zero attached hydrogens (tertiary/aromatic N) is 4. The van der Waals surface area contributed by atoms with Crippen LogP contribution in [0.25, 0.3) is 0 Å². The van der Waals surface area contributed by atoms with Crippen LogP contribution < -0.4 is 9.47 Å². The van der Waals surface area contributed by atoms with Crippen molar-refractivity contribution in [3.8, 4) is 23.6 Å². The molecule has 0 bridgehead atoms. The van der Waals surface area contributed by atoms with E-state index in [0.29, 0.717) is 17.2 Å². The van der Waals surface area contributed by atoms with Crippen molar-refractivity contribution in [2.75, 3.05) is 14.2 Å². The average molecular weight is 230 g/mol. The van der Waals surface area contributed by atoms with Gasteiger partial charge in [-0.15, -0.1) is 0 Å². The SMILES string of the molecule is COc1ccc(N=NC(C#N)C#N)cc1OC. The molecular weight excluding hydrogens is 220 g/mol. The van der Waals surface area contributed by atoms with Crippen LogP contribution >= 0.6 is 0 Å². The van der Waals surface area contributed by atoms with E-state index in [2.05, 4.69) is 10.2 Å². The molecule has 0 aliphatic heterocycles. The minimum absolute atomic E-state index is 0.484. The molecule has 0 radical (unpaired) electrons. The van der Waals surface area contributed by atoms with Crippen LogP contribution in [0.2, 0.25) is 0 Å². The molecule has 0 atom stereocenters. The predicted octanol–water partition coefficient (Wildman–Crippen LogP) is 2.20. The normalized spacial score (nSPS) is 9.94. The molecule has 86 valence electrons. The Kier molecular flexibility index (Phi) is 4.46. The van der Waals surface area contributed by atoms with Gasteiger partial charge in [0.2, 0.25) is 6.04 Å². The van der Waals surface area contributed by atoms with E-state index in [-0.39, 0.29) is 0 Å². The molecule has 6 heteroatoms. The molecule has 1 aromatic carbocycles. The third-order valence-corrected chi connectivity index (χ3v) is 1.90. The molecule has 0 saturated heterocycles. The van der Waals surface area contributed by atoms with E-state index >= 15 is 0 Å². The zero-order valence-electron chi connectivity index (χ0n) is 9.41. The maximum Gasteiger partial charge on any atom is 0.242 e. The first-order valence-electron chi connectivity index (χ1n) is 4.67. The Morgan fingerprint density at radius 3 is 2.29 bits per heavy atom. The largest absolute Gasteiger partial charge is 0.493 e. The highest BCUT2D eigenvalue weighted by molar-refractivity contribution is 5.51. The van der Waals surface area contributed by atoms with Crippen LogP contribution in [0.4, 0.5) is 5.69 Å². The minimum atomic E-state index is -1.09. The van der Waals surface area contributed by atoms with Gasteiger partial charge >= 0.3 is 0 Å². The standard InChI is InChI=1S/C11H10N4O2/c1-16-10-4-3-8(5-11(10)17-2)14-15-9(6-12)7-13/h3-5,9H,1-2H3. The lowest BCUT2D eigenvalue weighted by Gasteiger charge is -2.06. The van der Waals surface area contributed by atoms with E-state index in [0.717, 1.165) is 0 Å². The third-order valence-electron chi connectivity index (χ3n) is 1.90. The van der Waals surface area contributed by atoms with Crippen molar-refractivity contribution < 1.29 is 9.47 Å². The summed E-state index contributed by atoms with van der Waals surface area (Å²) in [6.07, 6.45) is 0. The Balaban J connectivity index is 2.95. The summed E-state index contributed by atoms with van der Waals surface area (Å²) in [5.41, 5.74) is 0.484. The molecule has 1 rings (SSSR count). The van der Waals surface area contributed by atoms with E-state index in [4.69, 9.17) is 20.0 Å². The number of benzene rings is 1. The molecule has 1 aromatic rings. The zero-order chi connectivity index (χ0) is 12.7. The summed E-state index contributed by atoms with van der Waals surface area (Å²) in [6, 6.07) is 7.22. The van der Waals surface area contributed by atoms with Crippen LogP contribution in [-0.4, -0.2) is 20.3 Å². The second kappa shape index (κ2) is 6.09. The minimum Gasteiger partial charge on any atom is -0.493 e. The van der Waals surface area contributed by atoms with Crippen LogP contribution in [0.3, 0.4) is 0 Å². The molecule has 0 spiro atoms. The summed E-state index contributed by atoms with van der Waals surface area (Å²) < 4.78 is 10.1. The molecule has 0 aliphatic carbocycles. The monoisotopic (exact) mass is 230 g/mol. The fourth-order valence-electron chi connectivity index (χ4n) is 1.09. The number of hydrogen-bond acceptors (Lipinski definition) is 6. The topological polar surface area (TPSA) is 90.8 Å². The van der Waals surface area contributed by atoms with Gasteiger partial charge in [-0.25, -0.2) is 0 Å². The lowest BCUT2D eigenvalue weighted by molar-refractivity contribution is 0.355. The summed E-state index contributed by atoms with van der Waals surface area (Å²) in [4.78, 5) is 0. The van der Waals surface area contributed by atoms with Crippen molar-refractivity contribution in [3.63, 3.8) is 0 Å². The zero-order valence-corrected chi connectivity index (χ0v) is 9.41. The van der Waals surface area contributed by atoms with Crippen molar-refractivity contribution in [1.82, 2.24) is 0 Å². The van der Waals surface area contributed by atoms with Gasteiger partial charge in [-0.1, -0.05) is 0 Å². The molecule has 0 saturated carbocycles. The molecule has 0 aromatic heterocycles. The second-order valence-corrected chi connectivity index (χ2v) is 2.92. The number of azo groups is 1. The molecule has 0 unspecified atom stereocenters. The Morgan fingerprint density at radius 2 is 1.76 bits per heavy atom. The van der Waals surface area contributed by atoms with Crippen molar-refractivity contribution in [1.29, 1.82) is 10.5 Å². The molecule has 0 aliphatic rings. The van der Waals surface area contributed by atoms with Gasteiger partial charge in [0.25, 0.3) is 0 Å². The maximum absolute atomic E-state index is 8.52. The molecule has 0 fully saturated rings. The van der Waals surface area contributed by atoms with Crippen LogP contribution in [0.5, 0.6) is 11.5 Å². The first-order valence-corrected chi connectivity index (χ1v) is 4.67. The van der Waals surface area contributed by atoms with E-state index in [1.165, 1.54) is 14.2 Å². The van der Waals surface area contributed by atoms with Crippen LogP contribution in [0, 0.1) is 22.7 Å². The summed E-state index contributed by atoms with van der Waals surface area (Å²) in [5, 5.41) is 24.4. The maximum atomic E-state index is 8.52. The van der Waals surface area contributed by atoms with Gasteiger partial charge in [0.15, 0.2) is 11.5 Å². The van der Waals surface area contributed by atoms with Gasteiger partial charge < -0.3 is 9.47 Å². The van der Waals surface area contributed by atoms with Gasteiger partial charge in [-0.05, 0) is 12.1 Å². The highest BCUT2D eigenvalue weighted by Crippen LogP contribution is 2.31. The summed E-state index contributed by atoms with van der Waals surface area (Å²) in [5.74, 6) is 1.08. The Hall–Kier alpha value is -2.60. The lowest BCUT2D eigenvalue weighted by Crippen LogP contribution is -1.93. The average Bonchev–Trinajstić information content (AvgIpc) is 2.39. The van der Waals surface area contributed by atoms with Gasteiger partial charge in [-0.3, -0.25) is 0 Å². The molecule has 6 nitrogen and oxygen atoms in total. The molecule has 0 heterocycles. The molecule has 0 amide bonds. The Bertz CT molecular complexity index is 485. The number of rotatable bonds is 4. The van der Waals surface area contributed by atoms with Crippen LogP contribution in [-0.2, 0) is 0 Å². The highest BCUT2D eigenvalue weighted by atomic mass is 16.5. The van der Waals surface area contributed by atoms with Gasteiger partial charge in [0.1, 0.15) is 12.1 Å². The number of nitriles is 2. The summed E-state index contributed by atoms with van der Waals surface area (Å²) in [6.45, 7) is 0. The molecule has 0 N–H and O–H groups in total. The highest BCUT2D eigenvalue weighted by Gasteiger charge is 2.05. The summed E-state index contributed by atoms with van der Waals surface area (Å²) in [7, 11) is 3.03. The quantitative estimate of drug-likeness (QED) is 0.741. The third kappa shape index (κ3) is 3.18. The fraction of sp³-hybridized carbons (Fsp3) is 0.273. The number of hydrogen-bond donors (Lipinski definition) is 0. The van der Waals surface area contributed by atoms with Crippen molar-refractivity contribution >= 4 is 5.69 Å². The first-order chi connectivity index (χ1) is 8.24. The van der Waals surface area contributed by atoms with E-state index in [1.54, 1.807) is 30.3 Å². The predicted molar refractivity (Wildman–Crippen MR) is 59.1 cm³/mol. The summed E-state index contributed by atoms with van der Waals surface area (Å²) >= 11 is 0. The Morgan fingerprint density at radius 1 is 1.12 bits per heavy atom. The van der Waals surface area contributed by atoms with E-state index < -0.39 is 6.04 Å². The van der Waals surface area contributed by atoms with Gasteiger partial charge in [-0.2, -0.15) is 20.8 Å². The van der Waals surface area contributed by atoms with Crippen molar-refractivity contribution in [2.45, 2.75) is 6.04 Å². The Labute approximate surface area is 98.7 Å². The number of methoxy groups -OCH3 is 2. The molecule has 17 heavy (non-hydrogen) atoms. The van der Waals surface area contributed by atoms with E-state index in [1.807, 2.05) is 0 Å². The van der Waals surface area contributed by atoms with Crippen LogP contribution in [0.1, 0.15) is 0 Å². The first kappa shape index (κ1) is 12.5. The lowest BCUT2D eigenvalue weighted by atomic mass is 10.3. The fourth-order valence-corrected chi connectivity index (χ4v) is 1.09. The van der Waals surface area contributed by atoms with Gasteiger partial charge in [0.05, 0.1) is 19.9 Å². The number of ether oxygens (including phenoxy) is 2. The van der Waals surface area contributed by atoms with Crippen molar-refractivity contribution in [2.24, 2.45) is 10.2 Å². The van der Waals surface area contributed by atoms with Gasteiger partial charge in [0, 0.05) is 6.07 Å². The molecular formula is C11H10N4O2.